The van der Waals surface area contributed by atoms with E-state index in [4.69, 9.17) is 9.47 Å². The number of aryl methyl sites for hydroxylation is 3. The van der Waals surface area contributed by atoms with Gasteiger partial charge >= 0.3 is 0 Å². The Balaban J connectivity index is 1.46. The number of benzene rings is 3. The molecule has 0 fully saturated rings. The minimum absolute atomic E-state index is 0.175. The van der Waals surface area contributed by atoms with E-state index in [0.717, 1.165) is 45.3 Å². The lowest BCUT2D eigenvalue weighted by atomic mass is 10.1. The normalized spacial score (nSPS) is 10.8. The topological polar surface area (TPSA) is 65.4 Å². The summed E-state index contributed by atoms with van der Waals surface area (Å²) in [6.07, 6.45) is 0. The minimum atomic E-state index is -0.175. The number of nitrogens with zero attached hydrogens (tertiary/aromatic N) is 2. The van der Waals surface area contributed by atoms with Crippen LogP contribution in [0.5, 0.6) is 11.5 Å². The summed E-state index contributed by atoms with van der Waals surface area (Å²) in [5.41, 5.74) is 7.27. The molecule has 0 atom stereocenters. The van der Waals surface area contributed by atoms with E-state index in [9.17, 15) is 4.79 Å². The lowest BCUT2D eigenvalue weighted by Gasteiger charge is -2.11. The lowest BCUT2D eigenvalue weighted by Crippen LogP contribution is -2.14. The van der Waals surface area contributed by atoms with Gasteiger partial charge in [0.1, 0.15) is 18.1 Å². The first-order chi connectivity index (χ1) is 16.8. The Morgan fingerprint density at radius 3 is 2.49 bits per heavy atom. The molecule has 4 aromatic rings. The molecular weight excluding hydrogens is 438 g/mol. The second-order valence-electron chi connectivity index (χ2n) is 8.77. The number of ether oxygens (including phenoxy) is 2. The Hall–Kier alpha value is -4.06. The Labute approximate surface area is 206 Å². The number of carbonyl (C=O) groups is 1. The molecule has 1 heterocycles. The van der Waals surface area contributed by atoms with Crippen molar-refractivity contribution in [3.8, 4) is 11.5 Å². The van der Waals surface area contributed by atoms with E-state index in [1.54, 1.807) is 13.2 Å². The summed E-state index contributed by atoms with van der Waals surface area (Å²) in [6.45, 7) is 8.94. The van der Waals surface area contributed by atoms with Crippen molar-refractivity contribution in [2.24, 2.45) is 0 Å². The zero-order valence-electron chi connectivity index (χ0n) is 20.9. The van der Waals surface area contributed by atoms with E-state index in [-0.39, 0.29) is 5.91 Å². The average molecular weight is 470 g/mol. The molecule has 4 rings (SSSR count). The summed E-state index contributed by atoms with van der Waals surface area (Å²) in [6, 6.07) is 21.5. The molecule has 0 aliphatic rings. The van der Waals surface area contributed by atoms with Gasteiger partial charge in [0.2, 0.25) is 0 Å². The van der Waals surface area contributed by atoms with Crippen LogP contribution < -0.4 is 14.8 Å². The molecule has 0 aliphatic carbocycles. The standard InChI is InChI=1S/C29H31N3O3/c1-19-12-13-27(20(2)14-19)35-18-24-9-6-10-25(15-24)29(33)30-28-21(3)31-32(22(28)4)17-23-8-7-11-26(16-23)34-5/h6-16H,17-18H2,1-5H3,(H,30,33). The predicted molar refractivity (Wildman–Crippen MR) is 138 cm³/mol. The molecule has 180 valence electrons. The summed E-state index contributed by atoms with van der Waals surface area (Å²) >= 11 is 0. The van der Waals surface area contributed by atoms with Gasteiger partial charge in [0.15, 0.2) is 0 Å². The van der Waals surface area contributed by atoms with Crippen LogP contribution >= 0.6 is 0 Å². The van der Waals surface area contributed by atoms with Crippen LogP contribution in [0.25, 0.3) is 0 Å². The first-order valence-electron chi connectivity index (χ1n) is 11.6. The van der Waals surface area contributed by atoms with E-state index in [2.05, 4.69) is 23.4 Å². The van der Waals surface area contributed by atoms with Gasteiger partial charge in [0.05, 0.1) is 30.7 Å². The van der Waals surface area contributed by atoms with Gasteiger partial charge in [-0.25, -0.2) is 0 Å². The fourth-order valence-electron chi connectivity index (χ4n) is 4.09. The number of nitrogens with one attached hydrogen (secondary N) is 1. The van der Waals surface area contributed by atoms with Crippen molar-refractivity contribution in [1.29, 1.82) is 0 Å². The third kappa shape index (κ3) is 5.72. The number of carbonyl (C=O) groups excluding carboxylic acids is 1. The molecular formula is C29H31N3O3. The number of anilines is 1. The SMILES string of the molecule is COc1cccc(Cn2nc(C)c(NC(=O)c3cccc(COc4ccc(C)cc4C)c3)c2C)c1. The van der Waals surface area contributed by atoms with Gasteiger partial charge in [-0.3, -0.25) is 9.48 Å². The summed E-state index contributed by atoms with van der Waals surface area (Å²) in [5.74, 6) is 1.48. The molecule has 0 bridgehead atoms. The largest absolute Gasteiger partial charge is 0.497 e. The maximum atomic E-state index is 13.1. The first kappa shape index (κ1) is 24.1. The quantitative estimate of drug-likeness (QED) is 0.343. The number of hydrogen-bond acceptors (Lipinski definition) is 4. The van der Waals surface area contributed by atoms with E-state index >= 15 is 0 Å². The highest BCUT2D eigenvalue weighted by molar-refractivity contribution is 6.05. The molecule has 6 heteroatoms. The smallest absolute Gasteiger partial charge is 0.255 e. The summed E-state index contributed by atoms with van der Waals surface area (Å²) in [4.78, 5) is 13.1. The highest BCUT2D eigenvalue weighted by Gasteiger charge is 2.16. The van der Waals surface area contributed by atoms with Crippen LogP contribution in [0.3, 0.4) is 0 Å². The molecule has 0 saturated carbocycles. The molecule has 0 aliphatic heterocycles. The number of hydrogen-bond donors (Lipinski definition) is 1. The molecule has 35 heavy (non-hydrogen) atoms. The molecule has 0 unspecified atom stereocenters. The van der Waals surface area contributed by atoms with Gasteiger partial charge in [-0.1, -0.05) is 42.0 Å². The Morgan fingerprint density at radius 1 is 0.943 bits per heavy atom. The number of rotatable bonds is 8. The zero-order chi connectivity index (χ0) is 24.9. The van der Waals surface area contributed by atoms with E-state index in [1.165, 1.54) is 5.56 Å². The van der Waals surface area contributed by atoms with Crippen molar-refractivity contribution in [2.45, 2.75) is 40.8 Å². The molecule has 1 aromatic heterocycles. The summed E-state index contributed by atoms with van der Waals surface area (Å²) in [7, 11) is 1.65. The van der Waals surface area contributed by atoms with Gasteiger partial charge < -0.3 is 14.8 Å². The van der Waals surface area contributed by atoms with E-state index in [1.807, 2.05) is 80.1 Å². The first-order valence-corrected chi connectivity index (χ1v) is 11.6. The van der Waals surface area contributed by atoms with Gasteiger partial charge in [-0.05, 0) is 74.7 Å². The maximum Gasteiger partial charge on any atom is 0.255 e. The van der Waals surface area contributed by atoms with Gasteiger partial charge in [-0.2, -0.15) is 5.10 Å². The molecule has 0 spiro atoms. The number of methoxy groups -OCH3 is 1. The molecule has 3 aromatic carbocycles. The van der Waals surface area contributed by atoms with Crippen LogP contribution in [0.15, 0.2) is 66.7 Å². The lowest BCUT2D eigenvalue weighted by molar-refractivity contribution is 0.102. The Morgan fingerprint density at radius 2 is 1.71 bits per heavy atom. The number of amides is 1. The average Bonchev–Trinajstić information content (AvgIpc) is 3.11. The van der Waals surface area contributed by atoms with Crippen molar-refractivity contribution in [3.05, 3.63) is 106 Å². The number of aromatic nitrogens is 2. The van der Waals surface area contributed by atoms with E-state index < -0.39 is 0 Å². The molecule has 6 nitrogen and oxygen atoms in total. The second kappa shape index (κ2) is 10.5. The van der Waals surface area contributed by atoms with Gasteiger partial charge in [0.25, 0.3) is 5.91 Å². The molecule has 0 saturated heterocycles. The van der Waals surface area contributed by atoms with Crippen molar-refractivity contribution in [1.82, 2.24) is 9.78 Å². The highest BCUT2D eigenvalue weighted by atomic mass is 16.5. The van der Waals surface area contributed by atoms with Crippen molar-refractivity contribution in [3.63, 3.8) is 0 Å². The van der Waals surface area contributed by atoms with Gasteiger partial charge in [0, 0.05) is 5.56 Å². The maximum absolute atomic E-state index is 13.1. The summed E-state index contributed by atoms with van der Waals surface area (Å²) in [5, 5.41) is 7.70. The fraction of sp³-hybridized carbons (Fsp3) is 0.241. The Kier molecular flexibility index (Phi) is 7.20. The molecule has 0 radical (unpaired) electrons. The van der Waals surface area contributed by atoms with Crippen molar-refractivity contribution in [2.75, 3.05) is 12.4 Å². The van der Waals surface area contributed by atoms with E-state index in [0.29, 0.717) is 18.7 Å². The predicted octanol–water partition coefficient (Wildman–Crippen LogP) is 6.00. The van der Waals surface area contributed by atoms with Crippen LogP contribution in [0.1, 0.15) is 44.0 Å². The summed E-state index contributed by atoms with van der Waals surface area (Å²) < 4.78 is 13.2. The third-order valence-electron chi connectivity index (χ3n) is 6.00. The van der Waals surface area contributed by atoms with Crippen molar-refractivity contribution >= 4 is 11.6 Å². The fourth-order valence-corrected chi connectivity index (χ4v) is 4.09. The van der Waals surface area contributed by atoms with Crippen LogP contribution in [0, 0.1) is 27.7 Å². The Bertz CT molecular complexity index is 1360. The molecule has 1 amide bonds. The van der Waals surface area contributed by atoms with Crippen molar-refractivity contribution < 1.29 is 14.3 Å². The monoisotopic (exact) mass is 469 g/mol. The molecule has 1 N–H and O–H groups in total. The van der Waals surface area contributed by atoms with Crippen LogP contribution in [-0.2, 0) is 13.2 Å². The van der Waals surface area contributed by atoms with Gasteiger partial charge in [-0.15, -0.1) is 0 Å². The highest BCUT2D eigenvalue weighted by Crippen LogP contribution is 2.23. The van der Waals surface area contributed by atoms with Crippen LogP contribution in [-0.4, -0.2) is 22.8 Å². The van der Waals surface area contributed by atoms with Crippen LogP contribution in [0.2, 0.25) is 0 Å². The minimum Gasteiger partial charge on any atom is -0.497 e. The van der Waals surface area contributed by atoms with Crippen LogP contribution in [0.4, 0.5) is 5.69 Å². The second-order valence-corrected chi connectivity index (χ2v) is 8.77. The zero-order valence-corrected chi connectivity index (χ0v) is 20.9. The third-order valence-corrected chi connectivity index (χ3v) is 6.00.